The molecule has 1 aromatic carbocycles. The number of amides is 1. The molecule has 138 valence electrons. The standard InChI is InChI=1S/C20H19FN4O2/c1-20(2,19(22)26)15-6-7-23-10-14(15)17-9-16(24-11-25-17)13-8-12(21)4-5-18(13)27-3/h4-11H,1-3H3,(H2,22,26). The van der Waals surface area contributed by atoms with Gasteiger partial charge in [0.05, 0.1) is 23.9 Å². The summed E-state index contributed by atoms with van der Waals surface area (Å²) in [7, 11) is 1.51. The van der Waals surface area contributed by atoms with E-state index in [2.05, 4.69) is 15.0 Å². The van der Waals surface area contributed by atoms with Crippen LogP contribution < -0.4 is 10.5 Å². The van der Waals surface area contributed by atoms with Crippen molar-refractivity contribution in [2.45, 2.75) is 19.3 Å². The van der Waals surface area contributed by atoms with Gasteiger partial charge in [0.25, 0.3) is 0 Å². The molecule has 2 heterocycles. The lowest BCUT2D eigenvalue weighted by molar-refractivity contribution is -0.122. The zero-order valence-corrected chi connectivity index (χ0v) is 15.2. The first-order valence-corrected chi connectivity index (χ1v) is 8.25. The number of primary amides is 1. The second-order valence-electron chi connectivity index (χ2n) is 6.54. The van der Waals surface area contributed by atoms with Crippen LogP contribution in [0.3, 0.4) is 0 Å². The Labute approximate surface area is 156 Å². The third-order valence-electron chi connectivity index (χ3n) is 4.49. The van der Waals surface area contributed by atoms with Crippen LogP contribution >= 0.6 is 0 Å². The van der Waals surface area contributed by atoms with Crippen LogP contribution in [-0.2, 0) is 10.2 Å². The first-order chi connectivity index (χ1) is 12.8. The molecule has 0 aliphatic heterocycles. The van der Waals surface area contributed by atoms with Crippen LogP contribution in [0.2, 0.25) is 0 Å². The molecule has 0 saturated heterocycles. The third kappa shape index (κ3) is 3.48. The summed E-state index contributed by atoms with van der Waals surface area (Å²) in [6.45, 7) is 3.48. The summed E-state index contributed by atoms with van der Waals surface area (Å²) >= 11 is 0. The van der Waals surface area contributed by atoms with E-state index in [4.69, 9.17) is 10.5 Å². The van der Waals surface area contributed by atoms with Crippen molar-refractivity contribution in [3.05, 3.63) is 60.4 Å². The van der Waals surface area contributed by atoms with Crippen LogP contribution in [0.5, 0.6) is 5.75 Å². The minimum Gasteiger partial charge on any atom is -0.496 e. The number of hydrogen-bond acceptors (Lipinski definition) is 5. The van der Waals surface area contributed by atoms with E-state index in [0.29, 0.717) is 33.8 Å². The van der Waals surface area contributed by atoms with Crippen LogP contribution in [0, 0.1) is 5.82 Å². The van der Waals surface area contributed by atoms with Crippen LogP contribution in [0.1, 0.15) is 19.4 Å². The minimum absolute atomic E-state index is 0.400. The lowest BCUT2D eigenvalue weighted by Gasteiger charge is -2.23. The average Bonchev–Trinajstić information content (AvgIpc) is 2.68. The van der Waals surface area contributed by atoms with E-state index < -0.39 is 17.1 Å². The summed E-state index contributed by atoms with van der Waals surface area (Å²) in [6, 6.07) is 7.65. The molecule has 0 aliphatic carbocycles. The number of nitrogens with two attached hydrogens (primary N) is 1. The molecular formula is C20H19FN4O2. The number of hydrogen-bond donors (Lipinski definition) is 1. The fourth-order valence-corrected chi connectivity index (χ4v) is 2.81. The Balaban J connectivity index is 2.17. The summed E-state index contributed by atoms with van der Waals surface area (Å²) in [4.78, 5) is 24.6. The summed E-state index contributed by atoms with van der Waals surface area (Å²) in [5, 5.41) is 0. The first-order valence-electron chi connectivity index (χ1n) is 8.25. The molecule has 0 atom stereocenters. The number of ether oxygens (including phenoxy) is 1. The molecule has 1 amide bonds. The second kappa shape index (κ2) is 7.11. The smallest absolute Gasteiger partial charge is 0.227 e. The zero-order chi connectivity index (χ0) is 19.6. The van der Waals surface area contributed by atoms with Crippen molar-refractivity contribution < 1.29 is 13.9 Å². The van der Waals surface area contributed by atoms with E-state index in [1.165, 1.54) is 31.6 Å². The Kier molecular flexibility index (Phi) is 4.85. The number of benzene rings is 1. The molecule has 0 aliphatic rings. The Bertz CT molecular complexity index is 1000. The van der Waals surface area contributed by atoms with Gasteiger partial charge in [-0.05, 0) is 49.7 Å². The van der Waals surface area contributed by atoms with E-state index in [-0.39, 0.29) is 0 Å². The van der Waals surface area contributed by atoms with Crippen LogP contribution in [0.4, 0.5) is 4.39 Å². The SMILES string of the molecule is COc1ccc(F)cc1-c1cc(-c2cnccc2C(C)(C)C(N)=O)ncn1. The minimum atomic E-state index is -0.917. The van der Waals surface area contributed by atoms with E-state index >= 15 is 0 Å². The molecule has 7 heteroatoms. The maximum Gasteiger partial charge on any atom is 0.227 e. The second-order valence-corrected chi connectivity index (χ2v) is 6.54. The molecule has 0 radical (unpaired) electrons. The van der Waals surface area contributed by atoms with Gasteiger partial charge in [-0.15, -0.1) is 0 Å². The van der Waals surface area contributed by atoms with E-state index in [9.17, 15) is 9.18 Å². The number of aromatic nitrogens is 3. The van der Waals surface area contributed by atoms with Gasteiger partial charge >= 0.3 is 0 Å². The third-order valence-corrected chi connectivity index (χ3v) is 4.49. The highest BCUT2D eigenvalue weighted by molar-refractivity contribution is 5.88. The largest absolute Gasteiger partial charge is 0.496 e. The van der Waals surface area contributed by atoms with Crippen LogP contribution in [0.15, 0.2) is 49.1 Å². The first kappa shape index (κ1) is 18.4. The normalized spacial score (nSPS) is 11.3. The monoisotopic (exact) mass is 366 g/mol. The fraction of sp³-hybridized carbons (Fsp3) is 0.200. The molecule has 2 N–H and O–H groups in total. The van der Waals surface area contributed by atoms with Gasteiger partial charge in [0.1, 0.15) is 17.9 Å². The molecular weight excluding hydrogens is 347 g/mol. The molecule has 0 spiro atoms. The molecule has 2 aromatic heterocycles. The molecule has 27 heavy (non-hydrogen) atoms. The topological polar surface area (TPSA) is 91.0 Å². The van der Waals surface area contributed by atoms with Gasteiger partial charge in [-0.25, -0.2) is 14.4 Å². The maximum atomic E-state index is 13.7. The summed E-state index contributed by atoms with van der Waals surface area (Å²) < 4.78 is 19.1. The molecule has 6 nitrogen and oxygen atoms in total. The predicted molar refractivity (Wildman–Crippen MR) is 99.4 cm³/mol. The quantitative estimate of drug-likeness (QED) is 0.749. The number of carbonyl (C=O) groups is 1. The van der Waals surface area contributed by atoms with Crippen LogP contribution in [-0.4, -0.2) is 28.0 Å². The van der Waals surface area contributed by atoms with Crippen molar-refractivity contribution in [2.24, 2.45) is 5.73 Å². The number of rotatable bonds is 5. The average molecular weight is 366 g/mol. The number of nitrogens with zero attached hydrogens (tertiary/aromatic N) is 3. The van der Waals surface area contributed by atoms with Gasteiger partial charge < -0.3 is 10.5 Å². The molecule has 3 aromatic rings. The highest BCUT2D eigenvalue weighted by atomic mass is 19.1. The van der Waals surface area contributed by atoms with Gasteiger partial charge in [-0.3, -0.25) is 9.78 Å². The van der Waals surface area contributed by atoms with Gasteiger partial charge in [-0.1, -0.05) is 0 Å². The summed E-state index contributed by atoms with van der Waals surface area (Å²) in [5.41, 5.74) is 7.54. The van der Waals surface area contributed by atoms with Crippen molar-refractivity contribution in [1.29, 1.82) is 0 Å². The van der Waals surface area contributed by atoms with E-state index in [1.54, 1.807) is 38.4 Å². The molecule has 0 unspecified atom stereocenters. The number of methoxy groups -OCH3 is 1. The lowest BCUT2D eigenvalue weighted by Crippen LogP contribution is -2.36. The molecule has 0 bridgehead atoms. The lowest BCUT2D eigenvalue weighted by atomic mass is 9.81. The van der Waals surface area contributed by atoms with E-state index in [0.717, 1.165) is 0 Å². The Hall–Kier alpha value is -3.35. The van der Waals surface area contributed by atoms with Crippen LogP contribution in [0.25, 0.3) is 22.5 Å². The van der Waals surface area contributed by atoms with Crippen molar-refractivity contribution in [2.75, 3.05) is 7.11 Å². The Morgan fingerprint density at radius 2 is 1.81 bits per heavy atom. The predicted octanol–water partition coefficient (Wildman–Crippen LogP) is 3.12. The van der Waals surface area contributed by atoms with Crippen molar-refractivity contribution in [3.8, 4) is 28.3 Å². The van der Waals surface area contributed by atoms with Crippen molar-refractivity contribution in [1.82, 2.24) is 15.0 Å². The number of pyridine rings is 1. The highest BCUT2D eigenvalue weighted by Crippen LogP contribution is 2.34. The molecule has 3 rings (SSSR count). The van der Waals surface area contributed by atoms with Gasteiger partial charge in [0.15, 0.2) is 0 Å². The molecule has 0 saturated carbocycles. The maximum absolute atomic E-state index is 13.7. The molecule has 0 fully saturated rings. The van der Waals surface area contributed by atoms with Gasteiger partial charge in [0, 0.05) is 23.5 Å². The fourth-order valence-electron chi connectivity index (χ4n) is 2.81. The number of carbonyl (C=O) groups excluding carboxylic acids is 1. The van der Waals surface area contributed by atoms with Gasteiger partial charge in [0.2, 0.25) is 5.91 Å². The van der Waals surface area contributed by atoms with Gasteiger partial charge in [-0.2, -0.15) is 0 Å². The summed E-state index contributed by atoms with van der Waals surface area (Å²) in [5.74, 6) is -0.371. The van der Waals surface area contributed by atoms with Crippen molar-refractivity contribution >= 4 is 5.91 Å². The Morgan fingerprint density at radius 3 is 2.48 bits per heavy atom. The zero-order valence-electron chi connectivity index (χ0n) is 15.2. The summed E-state index contributed by atoms with van der Waals surface area (Å²) in [6.07, 6.45) is 4.60. The number of halogens is 1. The van der Waals surface area contributed by atoms with E-state index in [1.807, 2.05) is 0 Å². The Morgan fingerprint density at radius 1 is 1.11 bits per heavy atom. The van der Waals surface area contributed by atoms with Crippen molar-refractivity contribution in [3.63, 3.8) is 0 Å². The highest BCUT2D eigenvalue weighted by Gasteiger charge is 2.30.